The maximum Gasteiger partial charge on any atom is 0.324 e. The summed E-state index contributed by atoms with van der Waals surface area (Å²) in [7, 11) is 0. The van der Waals surface area contributed by atoms with Gasteiger partial charge in [0.2, 0.25) is 5.52 Å². The molecule has 0 aliphatic rings. The molecule has 150 valence electrons. The Balaban J connectivity index is 0.000000211. The third kappa shape index (κ3) is 4.58. The van der Waals surface area contributed by atoms with Gasteiger partial charge < -0.3 is 5.11 Å². The first-order valence-electron chi connectivity index (χ1n) is 8.21. The number of fused-ring (bicyclic) bond motifs is 1. The predicted octanol–water partition coefficient (Wildman–Crippen LogP) is 3.47. The van der Waals surface area contributed by atoms with Crippen LogP contribution in [-0.4, -0.2) is 19.9 Å². The van der Waals surface area contributed by atoms with E-state index in [1.165, 1.54) is 22.5 Å². The lowest BCUT2D eigenvalue weighted by molar-refractivity contribution is -0.527. The van der Waals surface area contributed by atoms with E-state index in [4.69, 9.17) is 5.11 Å². The van der Waals surface area contributed by atoms with Crippen molar-refractivity contribution in [1.29, 1.82) is 0 Å². The number of aromatic nitrogens is 1. The van der Waals surface area contributed by atoms with Crippen molar-refractivity contribution in [3.05, 3.63) is 89.8 Å². The van der Waals surface area contributed by atoms with Gasteiger partial charge in [0.25, 0.3) is 11.4 Å². The Bertz CT molecular complexity index is 1110. The first kappa shape index (κ1) is 21.2. The van der Waals surface area contributed by atoms with Crippen LogP contribution in [0.5, 0.6) is 5.75 Å². The van der Waals surface area contributed by atoms with E-state index in [0.717, 1.165) is 0 Å². The molecule has 0 saturated heterocycles. The topological polar surface area (TPSA) is 154 Å². The number of benzene rings is 1. The third-order valence-electron chi connectivity index (χ3n) is 4.04. The van der Waals surface area contributed by atoms with Crippen molar-refractivity contribution in [1.82, 2.24) is 0 Å². The molecule has 0 fully saturated rings. The Kier molecular flexibility index (Phi) is 6.02. The predicted molar refractivity (Wildman–Crippen MR) is 102 cm³/mol. The zero-order valence-corrected chi connectivity index (χ0v) is 15.7. The smallest absolute Gasteiger partial charge is 0.324 e. The van der Waals surface area contributed by atoms with Crippen LogP contribution < -0.4 is 4.40 Å². The Morgan fingerprint density at radius 2 is 1.34 bits per heavy atom. The largest absolute Gasteiger partial charge is 0.497 e. The van der Waals surface area contributed by atoms with E-state index in [2.05, 4.69) is 55.5 Å². The SMILES string of the molecule is Cc1cc(C)[n+]2c(C)cccc2c1.O=[N+]([O-])c1cc([N+](=O)[O-])c(O)c([N+](=O)[O-])c1. The van der Waals surface area contributed by atoms with Gasteiger partial charge in [0.1, 0.15) is 0 Å². The minimum absolute atomic E-state index is 0.447. The molecule has 2 aromatic heterocycles. The third-order valence-corrected chi connectivity index (χ3v) is 4.04. The summed E-state index contributed by atoms with van der Waals surface area (Å²) in [5, 5.41) is 40.2. The highest BCUT2D eigenvalue weighted by Gasteiger charge is 2.30. The van der Waals surface area contributed by atoms with Gasteiger partial charge in [-0.15, -0.1) is 0 Å². The zero-order valence-electron chi connectivity index (χ0n) is 15.7. The number of non-ortho nitro benzene ring substituents is 1. The van der Waals surface area contributed by atoms with E-state index in [0.29, 0.717) is 12.1 Å². The fourth-order valence-electron chi connectivity index (χ4n) is 2.88. The summed E-state index contributed by atoms with van der Waals surface area (Å²) < 4.78 is 2.27. The second-order valence-electron chi connectivity index (χ2n) is 6.21. The molecular formula is C18H17N4O7+. The molecule has 0 aliphatic carbocycles. The summed E-state index contributed by atoms with van der Waals surface area (Å²) in [5.74, 6) is -1.21. The molecule has 2 heterocycles. The molecule has 3 aromatic rings. The van der Waals surface area contributed by atoms with Crippen molar-refractivity contribution >= 4 is 22.6 Å². The molecule has 11 nitrogen and oxygen atoms in total. The number of aryl methyl sites for hydroxylation is 3. The van der Waals surface area contributed by atoms with Crippen LogP contribution in [0.4, 0.5) is 17.1 Å². The summed E-state index contributed by atoms with van der Waals surface area (Å²) in [5.41, 5.74) is 2.18. The lowest BCUT2D eigenvalue weighted by Crippen LogP contribution is -2.29. The molecule has 29 heavy (non-hydrogen) atoms. The standard InChI is InChI=1S/C12H14N.C6H3N3O7/c1-9-7-11(3)13-10(2)5-4-6-12(13)8-9;10-6-4(8(13)14)1-3(7(11)12)2-5(6)9(15)16/h4-8H,1-3H3;1-2,10H/q+1;. The van der Waals surface area contributed by atoms with E-state index >= 15 is 0 Å². The lowest BCUT2D eigenvalue weighted by Gasteiger charge is -1.99. The molecule has 0 bridgehead atoms. The van der Waals surface area contributed by atoms with Gasteiger partial charge in [-0.1, -0.05) is 0 Å². The van der Waals surface area contributed by atoms with E-state index in [1.807, 2.05) is 0 Å². The van der Waals surface area contributed by atoms with Crippen LogP contribution in [0.1, 0.15) is 17.0 Å². The van der Waals surface area contributed by atoms with Crippen molar-refractivity contribution in [2.75, 3.05) is 0 Å². The molecule has 1 N–H and O–H groups in total. The van der Waals surface area contributed by atoms with Gasteiger partial charge in [-0.2, -0.15) is 4.40 Å². The van der Waals surface area contributed by atoms with Crippen LogP contribution in [0.2, 0.25) is 0 Å². The first-order chi connectivity index (χ1) is 13.5. The minimum atomic E-state index is -1.21. The molecule has 0 spiro atoms. The summed E-state index contributed by atoms with van der Waals surface area (Å²) in [6, 6.07) is 11.7. The van der Waals surface area contributed by atoms with Crippen LogP contribution in [0.15, 0.2) is 42.5 Å². The summed E-state index contributed by atoms with van der Waals surface area (Å²) in [6.07, 6.45) is 0. The zero-order chi connectivity index (χ0) is 21.9. The van der Waals surface area contributed by atoms with Gasteiger partial charge in [-0.25, -0.2) is 0 Å². The van der Waals surface area contributed by atoms with Crippen LogP contribution >= 0.6 is 0 Å². The summed E-state index contributed by atoms with van der Waals surface area (Å²) in [6.45, 7) is 6.41. The number of pyridine rings is 2. The number of nitrogens with zero attached hydrogens (tertiary/aromatic N) is 4. The number of nitro groups is 3. The fraction of sp³-hybridized carbons (Fsp3) is 0.167. The number of aromatic hydroxyl groups is 1. The highest BCUT2D eigenvalue weighted by atomic mass is 16.6. The molecular weight excluding hydrogens is 384 g/mol. The number of rotatable bonds is 3. The fourth-order valence-corrected chi connectivity index (χ4v) is 2.88. The molecule has 0 unspecified atom stereocenters. The molecule has 0 amide bonds. The minimum Gasteiger partial charge on any atom is -0.497 e. The molecule has 0 aliphatic heterocycles. The molecule has 0 saturated carbocycles. The molecule has 1 aromatic carbocycles. The monoisotopic (exact) mass is 401 g/mol. The maximum atomic E-state index is 10.4. The molecule has 0 atom stereocenters. The van der Waals surface area contributed by atoms with Crippen molar-refractivity contribution in [2.24, 2.45) is 0 Å². The quantitative estimate of drug-likeness (QED) is 0.400. The van der Waals surface area contributed by atoms with Gasteiger partial charge >= 0.3 is 11.4 Å². The van der Waals surface area contributed by atoms with Gasteiger partial charge in [0.15, 0.2) is 11.4 Å². The Morgan fingerprint density at radius 1 is 0.793 bits per heavy atom. The van der Waals surface area contributed by atoms with Crippen LogP contribution in [0.3, 0.4) is 0 Å². The van der Waals surface area contributed by atoms with Gasteiger partial charge in [-0.3, -0.25) is 30.3 Å². The number of nitro benzene ring substituents is 3. The van der Waals surface area contributed by atoms with Crippen molar-refractivity contribution < 1.29 is 24.3 Å². The number of phenolic OH excluding ortho intramolecular Hbond substituents is 1. The summed E-state index contributed by atoms with van der Waals surface area (Å²) >= 11 is 0. The van der Waals surface area contributed by atoms with Crippen molar-refractivity contribution in [3.8, 4) is 5.75 Å². The average Bonchev–Trinajstić information content (AvgIpc) is 2.61. The second kappa shape index (κ2) is 8.25. The Labute approximate surface area is 163 Å². The van der Waals surface area contributed by atoms with Gasteiger partial charge in [0, 0.05) is 38.1 Å². The number of phenols is 1. The maximum absolute atomic E-state index is 10.4. The van der Waals surface area contributed by atoms with Crippen LogP contribution in [0.25, 0.3) is 5.52 Å². The Morgan fingerprint density at radius 3 is 1.83 bits per heavy atom. The van der Waals surface area contributed by atoms with E-state index < -0.39 is 37.6 Å². The van der Waals surface area contributed by atoms with Crippen LogP contribution in [0, 0.1) is 51.1 Å². The average molecular weight is 401 g/mol. The molecule has 0 radical (unpaired) electrons. The van der Waals surface area contributed by atoms with E-state index in [-0.39, 0.29) is 0 Å². The lowest BCUT2D eigenvalue weighted by atomic mass is 10.2. The van der Waals surface area contributed by atoms with Crippen molar-refractivity contribution in [3.63, 3.8) is 0 Å². The highest BCUT2D eigenvalue weighted by Crippen LogP contribution is 2.38. The van der Waals surface area contributed by atoms with Gasteiger partial charge in [0.05, 0.1) is 26.9 Å². The molecule has 11 heteroatoms. The number of hydrogen-bond acceptors (Lipinski definition) is 7. The first-order valence-corrected chi connectivity index (χ1v) is 8.21. The highest BCUT2D eigenvalue weighted by molar-refractivity contribution is 5.64. The Hall–Kier alpha value is -4.15. The summed E-state index contributed by atoms with van der Waals surface area (Å²) in [4.78, 5) is 27.8. The molecule has 3 rings (SSSR count). The second-order valence-corrected chi connectivity index (χ2v) is 6.21. The van der Waals surface area contributed by atoms with Crippen molar-refractivity contribution in [2.45, 2.75) is 20.8 Å². The normalized spacial score (nSPS) is 10.2. The number of hydrogen-bond donors (Lipinski definition) is 1. The van der Waals surface area contributed by atoms with E-state index in [1.54, 1.807) is 0 Å². The van der Waals surface area contributed by atoms with Gasteiger partial charge in [-0.05, 0) is 18.6 Å². The van der Waals surface area contributed by atoms with Crippen LogP contribution in [-0.2, 0) is 0 Å². The van der Waals surface area contributed by atoms with E-state index in [9.17, 15) is 30.3 Å².